The van der Waals surface area contributed by atoms with Crippen LogP contribution in [0.25, 0.3) is 22.3 Å². The van der Waals surface area contributed by atoms with Gasteiger partial charge in [-0.15, -0.1) is 11.8 Å². The molecule has 57 heavy (non-hydrogen) atoms. The summed E-state index contributed by atoms with van der Waals surface area (Å²) in [6.07, 6.45) is 6.19. The number of aromatic amines is 2. The Morgan fingerprint density at radius 3 is 2.47 bits per heavy atom. The molecular weight excluding hydrogens is 732 g/mol. The van der Waals surface area contributed by atoms with Crippen LogP contribution in [0.2, 0.25) is 0 Å². The maximum atomic E-state index is 15.4. The van der Waals surface area contributed by atoms with Crippen molar-refractivity contribution in [2.24, 2.45) is 0 Å². The van der Waals surface area contributed by atoms with Crippen molar-refractivity contribution in [3.05, 3.63) is 71.2 Å². The lowest BCUT2D eigenvalue weighted by Gasteiger charge is -2.27. The molecule has 2 atom stereocenters. The highest BCUT2D eigenvalue weighted by Gasteiger charge is 2.36. The molecule has 2 unspecified atom stereocenters. The number of amides is 3. The predicted molar refractivity (Wildman–Crippen MR) is 216 cm³/mol. The summed E-state index contributed by atoms with van der Waals surface area (Å²) in [5.74, 6) is 12.4. The van der Waals surface area contributed by atoms with Crippen LogP contribution >= 0.6 is 0 Å². The predicted octanol–water partition coefficient (Wildman–Crippen LogP) is 5.16. The maximum Gasteiger partial charge on any atom is 0.407 e. The number of likely N-dealkylation sites (tertiary alicyclic amines) is 1. The number of halogens is 1. The third-order valence-corrected chi connectivity index (χ3v) is 8.44. The molecule has 1 saturated heterocycles. The van der Waals surface area contributed by atoms with Crippen molar-refractivity contribution in [2.75, 3.05) is 40.9 Å². The van der Waals surface area contributed by atoms with E-state index in [-0.39, 0.29) is 24.3 Å². The molecule has 304 valence electrons. The van der Waals surface area contributed by atoms with E-state index in [0.717, 1.165) is 48.1 Å². The minimum Gasteiger partial charge on any atom is -0.471 e. The summed E-state index contributed by atoms with van der Waals surface area (Å²) in [5, 5.41) is 8.28. The van der Waals surface area contributed by atoms with Crippen LogP contribution in [0.3, 0.4) is 0 Å². The van der Waals surface area contributed by atoms with Crippen LogP contribution in [0, 0.1) is 29.5 Å². The fourth-order valence-electron chi connectivity index (χ4n) is 5.85. The van der Waals surface area contributed by atoms with Crippen molar-refractivity contribution in [3.8, 4) is 34.9 Å². The molecule has 3 heterocycles. The lowest BCUT2D eigenvalue weighted by molar-refractivity contribution is -0.134. The third-order valence-electron chi connectivity index (χ3n) is 8.44. The number of carbonyl (C=O) groups excluding carboxylic acids is 4. The van der Waals surface area contributed by atoms with Gasteiger partial charge >= 0.3 is 6.09 Å². The van der Waals surface area contributed by atoms with Crippen molar-refractivity contribution in [1.29, 1.82) is 0 Å². The SMILES string of the molecule is CC#CCC(NC(=O)OC)C(=O)N1CCCC1c1ncc(-c2ccc(C#Cc3ccc4nc(CCCCNC(=O)CNC)[nH]c4c3)cc2F)[nH]1.CCC.COC=O. The number of rotatable bonds is 13. The number of fused-ring (bicyclic) bond motifs is 1. The van der Waals surface area contributed by atoms with Crippen LogP contribution in [-0.2, 0) is 30.3 Å². The minimum atomic E-state index is -0.860. The molecule has 1 aliphatic rings. The second-order valence-electron chi connectivity index (χ2n) is 12.9. The smallest absolute Gasteiger partial charge is 0.407 e. The number of imidazole rings is 2. The second kappa shape index (κ2) is 24.3. The Balaban J connectivity index is 0.00000115. The summed E-state index contributed by atoms with van der Waals surface area (Å²) >= 11 is 0. The van der Waals surface area contributed by atoms with Crippen molar-refractivity contribution in [2.45, 2.75) is 77.8 Å². The van der Waals surface area contributed by atoms with Crippen LogP contribution in [0.15, 0.2) is 42.6 Å². The first-order valence-corrected chi connectivity index (χ1v) is 18.9. The zero-order chi connectivity index (χ0) is 41.6. The van der Waals surface area contributed by atoms with Crippen molar-refractivity contribution >= 4 is 35.4 Å². The number of alkyl carbamates (subject to hydrolysis) is 1. The molecule has 1 fully saturated rings. The van der Waals surface area contributed by atoms with E-state index in [4.69, 9.17) is 9.53 Å². The van der Waals surface area contributed by atoms with E-state index in [0.29, 0.717) is 55.2 Å². The molecule has 5 N–H and O–H groups in total. The van der Waals surface area contributed by atoms with Crippen LogP contribution in [0.4, 0.5) is 9.18 Å². The van der Waals surface area contributed by atoms with Crippen LogP contribution in [0.1, 0.15) is 88.1 Å². The zero-order valence-corrected chi connectivity index (χ0v) is 33.5. The van der Waals surface area contributed by atoms with Gasteiger partial charge in [0.2, 0.25) is 11.8 Å². The van der Waals surface area contributed by atoms with Crippen molar-refractivity contribution < 1.29 is 33.0 Å². The first-order valence-electron chi connectivity index (χ1n) is 18.9. The normalized spacial score (nSPS) is 13.2. The monoisotopic (exact) mass is 784 g/mol. The Morgan fingerprint density at radius 1 is 1.09 bits per heavy atom. The van der Waals surface area contributed by atoms with E-state index in [1.807, 2.05) is 18.2 Å². The maximum absolute atomic E-state index is 15.4. The van der Waals surface area contributed by atoms with E-state index in [2.05, 4.69) is 78.2 Å². The first-order chi connectivity index (χ1) is 27.6. The zero-order valence-electron chi connectivity index (χ0n) is 33.5. The van der Waals surface area contributed by atoms with Gasteiger partial charge in [0.1, 0.15) is 23.5 Å². The standard InChI is InChI=1S/C37H41FN8O4.C3H8.C2H4O2/c1-4-5-9-29(45-37(49)50-3)36(48)46-19-8-10-32(46)35-41-22-31(44-35)26-16-14-24(20-27(26)38)12-13-25-15-17-28-30(21-25)43-33(42-28)11-6-7-18-40-34(47)23-39-2;1-3-2;1-4-2-3/h14-17,20-22,29,32,39H,6-11,18-19,23H2,1-3H3,(H,40,47)(H,41,44)(H,42,43)(H,45,49);3H2,1-2H3;2H,1H3. The summed E-state index contributed by atoms with van der Waals surface area (Å²) in [6, 6.07) is 9.30. The molecule has 0 aliphatic carbocycles. The average molecular weight is 785 g/mol. The quantitative estimate of drug-likeness (QED) is 0.0695. The van der Waals surface area contributed by atoms with Crippen LogP contribution < -0.4 is 16.0 Å². The summed E-state index contributed by atoms with van der Waals surface area (Å²) in [6.45, 7) is 7.72. The summed E-state index contributed by atoms with van der Waals surface area (Å²) in [4.78, 5) is 63.2. The number of aryl methyl sites for hydroxylation is 1. The molecule has 2 aromatic carbocycles. The second-order valence-corrected chi connectivity index (χ2v) is 12.9. The van der Waals surface area contributed by atoms with E-state index < -0.39 is 18.0 Å². The molecule has 1 aliphatic heterocycles. The number of carbonyl (C=O) groups is 4. The van der Waals surface area contributed by atoms with E-state index in [1.165, 1.54) is 26.7 Å². The van der Waals surface area contributed by atoms with Gasteiger partial charge in [0.05, 0.1) is 49.7 Å². The molecule has 15 heteroatoms. The number of hydrogen-bond donors (Lipinski definition) is 5. The topological polar surface area (TPSA) is 183 Å². The molecule has 14 nitrogen and oxygen atoms in total. The Bertz CT molecular complexity index is 2060. The first kappa shape index (κ1) is 45.2. The number of aromatic nitrogens is 4. The van der Waals surface area contributed by atoms with Crippen molar-refractivity contribution in [1.82, 2.24) is 40.8 Å². The summed E-state index contributed by atoms with van der Waals surface area (Å²) in [5.41, 5.74) is 3.82. The fraction of sp³-hybridized carbons (Fsp3) is 0.429. The van der Waals surface area contributed by atoms with Gasteiger partial charge < -0.3 is 40.3 Å². The molecule has 4 aromatic rings. The van der Waals surface area contributed by atoms with Gasteiger partial charge in [0.15, 0.2) is 0 Å². The summed E-state index contributed by atoms with van der Waals surface area (Å²) < 4.78 is 23.9. The van der Waals surface area contributed by atoms with Gasteiger partial charge in [-0.1, -0.05) is 32.1 Å². The molecule has 5 rings (SSSR count). The Kier molecular flexibility index (Phi) is 19.3. The molecule has 0 radical (unpaired) electrons. The third kappa shape index (κ3) is 14.1. The van der Waals surface area contributed by atoms with Gasteiger partial charge in [-0.25, -0.2) is 19.2 Å². The van der Waals surface area contributed by atoms with Crippen molar-refractivity contribution in [3.63, 3.8) is 0 Å². The molecular formula is C42H53FN8O6. The molecule has 0 saturated carbocycles. The number of H-pyrrole nitrogens is 2. The number of methoxy groups -OCH3 is 2. The highest BCUT2D eigenvalue weighted by molar-refractivity contribution is 5.86. The van der Waals surface area contributed by atoms with Gasteiger partial charge in [-0.05, 0) is 76.1 Å². The van der Waals surface area contributed by atoms with Crippen LogP contribution in [0.5, 0.6) is 0 Å². The number of nitrogens with zero attached hydrogens (tertiary/aromatic N) is 3. The minimum absolute atomic E-state index is 0.0150. The molecule has 0 bridgehead atoms. The summed E-state index contributed by atoms with van der Waals surface area (Å²) in [7, 11) is 4.29. The number of unbranched alkanes of at least 4 members (excludes halogenated alkanes) is 1. The lowest BCUT2D eigenvalue weighted by atomic mass is 10.1. The number of benzene rings is 2. The van der Waals surface area contributed by atoms with Gasteiger partial charge in [-0.2, -0.15) is 0 Å². The fourth-order valence-corrected chi connectivity index (χ4v) is 5.85. The molecule has 0 spiro atoms. The van der Waals surface area contributed by atoms with E-state index in [1.54, 1.807) is 37.2 Å². The lowest BCUT2D eigenvalue weighted by Crippen LogP contribution is -2.48. The highest BCUT2D eigenvalue weighted by atomic mass is 19.1. The van der Waals surface area contributed by atoms with Gasteiger partial charge in [0.25, 0.3) is 6.47 Å². The number of ether oxygens (including phenoxy) is 2. The molecule has 2 aromatic heterocycles. The number of likely N-dealkylation sites (N-methyl/N-ethyl adjacent to an activating group) is 1. The highest BCUT2D eigenvalue weighted by Crippen LogP contribution is 2.33. The average Bonchev–Trinajstić information content (AvgIpc) is 3.99. The van der Waals surface area contributed by atoms with E-state index in [9.17, 15) is 14.4 Å². The van der Waals surface area contributed by atoms with Crippen LogP contribution in [-0.4, -0.2) is 96.2 Å². The number of nitrogens with one attached hydrogen (secondary N) is 5. The van der Waals surface area contributed by atoms with Gasteiger partial charge in [-0.3, -0.25) is 14.4 Å². The van der Waals surface area contributed by atoms with E-state index >= 15 is 4.39 Å². The largest absolute Gasteiger partial charge is 0.471 e. The Morgan fingerprint density at radius 2 is 1.81 bits per heavy atom. The number of hydrogen-bond acceptors (Lipinski definition) is 9. The van der Waals surface area contributed by atoms with Gasteiger partial charge in [0, 0.05) is 42.6 Å². The Hall–Kier alpha value is -6.19. The Labute approximate surface area is 333 Å². The molecule has 3 amide bonds.